The van der Waals surface area contributed by atoms with E-state index >= 15 is 0 Å². The first-order valence-electron chi connectivity index (χ1n) is 12.0. The van der Waals surface area contributed by atoms with E-state index < -0.39 is 10.0 Å². The number of benzene rings is 2. The number of para-hydroxylation sites is 1. The van der Waals surface area contributed by atoms with Crippen molar-refractivity contribution in [1.82, 2.24) is 5.32 Å². The summed E-state index contributed by atoms with van der Waals surface area (Å²) in [6.45, 7) is 0.229. The Hall–Kier alpha value is -2.74. The number of hydrogen-bond donors (Lipinski definition) is 1. The fourth-order valence-corrected chi connectivity index (χ4v) is 6.10. The van der Waals surface area contributed by atoms with Gasteiger partial charge in [-0.1, -0.05) is 24.6 Å². The Bertz CT molecular complexity index is 1090. The first kappa shape index (κ1) is 24.4. The summed E-state index contributed by atoms with van der Waals surface area (Å²) in [4.78, 5) is 12.9. The van der Waals surface area contributed by atoms with Gasteiger partial charge >= 0.3 is 0 Å². The first-order chi connectivity index (χ1) is 16.3. The molecule has 2 aromatic rings. The summed E-state index contributed by atoms with van der Waals surface area (Å²) in [5.41, 5.74) is 1.37. The van der Waals surface area contributed by atoms with E-state index in [9.17, 15) is 13.2 Å². The highest BCUT2D eigenvalue weighted by atomic mass is 32.2. The second-order valence-electron chi connectivity index (χ2n) is 9.34. The van der Waals surface area contributed by atoms with Crippen molar-refractivity contribution < 1.29 is 22.7 Å². The van der Waals surface area contributed by atoms with Crippen molar-refractivity contribution in [1.29, 1.82) is 0 Å². The summed E-state index contributed by atoms with van der Waals surface area (Å²) in [5, 5.41) is 3.21. The number of rotatable bonds is 8. The van der Waals surface area contributed by atoms with E-state index in [1.807, 2.05) is 24.3 Å². The lowest BCUT2D eigenvalue weighted by molar-refractivity contribution is -0.122. The van der Waals surface area contributed by atoms with Gasteiger partial charge in [0.1, 0.15) is 17.1 Å². The lowest BCUT2D eigenvalue weighted by Crippen LogP contribution is -2.46. The molecule has 1 atom stereocenters. The van der Waals surface area contributed by atoms with Gasteiger partial charge in [0.05, 0.1) is 25.1 Å². The molecule has 1 aliphatic carbocycles. The van der Waals surface area contributed by atoms with E-state index in [4.69, 9.17) is 9.47 Å². The van der Waals surface area contributed by atoms with Crippen LogP contribution in [0.1, 0.15) is 63.0 Å². The Morgan fingerprint density at radius 1 is 1.12 bits per heavy atom. The van der Waals surface area contributed by atoms with Crippen LogP contribution in [0.2, 0.25) is 0 Å². The smallest absolute Gasteiger partial charge is 0.232 e. The minimum Gasteiger partial charge on any atom is -0.497 e. The van der Waals surface area contributed by atoms with Gasteiger partial charge in [0.25, 0.3) is 0 Å². The number of ether oxygens (including phenoxy) is 2. The van der Waals surface area contributed by atoms with Crippen molar-refractivity contribution in [3.8, 4) is 11.5 Å². The highest BCUT2D eigenvalue weighted by Gasteiger charge is 2.42. The Balaban J connectivity index is 1.39. The summed E-state index contributed by atoms with van der Waals surface area (Å²) >= 11 is 0. The number of hydrogen-bond acceptors (Lipinski definition) is 5. The van der Waals surface area contributed by atoms with Gasteiger partial charge in [-0.25, -0.2) is 8.42 Å². The number of amides is 1. The third kappa shape index (κ3) is 5.66. The normalized spacial score (nSPS) is 19.1. The third-order valence-electron chi connectivity index (χ3n) is 6.82. The first-order valence-corrected chi connectivity index (χ1v) is 13.8. The number of nitrogens with one attached hydrogen (secondary N) is 1. The summed E-state index contributed by atoms with van der Waals surface area (Å²) in [5.74, 6) is 1.45. The minimum atomic E-state index is -3.48. The van der Waals surface area contributed by atoms with Gasteiger partial charge in [0, 0.05) is 24.9 Å². The van der Waals surface area contributed by atoms with Gasteiger partial charge in [-0.15, -0.1) is 0 Å². The molecule has 2 aromatic carbocycles. The Kier molecular flexibility index (Phi) is 7.36. The maximum atomic E-state index is 12.9. The molecule has 184 valence electrons. The summed E-state index contributed by atoms with van der Waals surface area (Å²) < 4.78 is 37.7. The molecule has 1 saturated carbocycles. The van der Waals surface area contributed by atoms with Gasteiger partial charge in [-0.05, 0) is 62.4 Å². The number of fused-ring (bicyclic) bond motifs is 1. The average Bonchev–Trinajstić information content (AvgIpc) is 2.81. The highest BCUT2D eigenvalue weighted by Crippen LogP contribution is 2.46. The largest absolute Gasteiger partial charge is 0.497 e. The second-order valence-corrected chi connectivity index (χ2v) is 11.3. The number of methoxy groups -OCH3 is 1. The number of sulfonamides is 1. The van der Waals surface area contributed by atoms with Gasteiger partial charge in [0.2, 0.25) is 15.9 Å². The van der Waals surface area contributed by atoms with Crippen LogP contribution < -0.4 is 19.1 Å². The molecule has 8 heteroatoms. The number of carbonyl (C=O) groups is 1. The van der Waals surface area contributed by atoms with Gasteiger partial charge < -0.3 is 14.8 Å². The van der Waals surface area contributed by atoms with E-state index in [0.29, 0.717) is 17.9 Å². The molecule has 2 aliphatic rings. The van der Waals surface area contributed by atoms with E-state index in [-0.39, 0.29) is 30.5 Å². The molecule has 0 aromatic heterocycles. The molecule has 7 nitrogen and oxygen atoms in total. The van der Waals surface area contributed by atoms with Crippen LogP contribution in [0, 0.1) is 0 Å². The van der Waals surface area contributed by atoms with Crippen molar-refractivity contribution in [2.45, 2.75) is 63.0 Å². The molecule has 0 unspecified atom stereocenters. The topological polar surface area (TPSA) is 84.9 Å². The van der Waals surface area contributed by atoms with Crippen molar-refractivity contribution in [3.05, 3.63) is 54.1 Å². The quantitative estimate of drug-likeness (QED) is 0.590. The summed E-state index contributed by atoms with van der Waals surface area (Å²) in [6, 6.07) is 14.7. The zero-order valence-electron chi connectivity index (χ0n) is 20.0. The highest BCUT2D eigenvalue weighted by molar-refractivity contribution is 7.92. The number of anilines is 1. The Morgan fingerprint density at radius 2 is 1.82 bits per heavy atom. The van der Waals surface area contributed by atoms with Crippen molar-refractivity contribution in [2.24, 2.45) is 0 Å². The molecule has 0 radical (unpaired) electrons. The fraction of sp³-hybridized carbons (Fsp3) is 0.500. The predicted molar refractivity (Wildman–Crippen MR) is 133 cm³/mol. The van der Waals surface area contributed by atoms with E-state index in [1.165, 1.54) is 17.0 Å². The van der Waals surface area contributed by atoms with Crippen LogP contribution in [0.25, 0.3) is 0 Å². The van der Waals surface area contributed by atoms with Crippen LogP contribution in [-0.4, -0.2) is 39.8 Å². The maximum Gasteiger partial charge on any atom is 0.232 e. The molecule has 1 heterocycles. The van der Waals surface area contributed by atoms with Crippen LogP contribution in [0.5, 0.6) is 11.5 Å². The van der Waals surface area contributed by atoms with Gasteiger partial charge in [-0.3, -0.25) is 9.10 Å². The lowest BCUT2D eigenvalue weighted by Gasteiger charge is -2.44. The number of carbonyl (C=O) groups excluding carboxylic acids is 1. The van der Waals surface area contributed by atoms with E-state index in [2.05, 4.69) is 5.32 Å². The van der Waals surface area contributed by atoms with Crippen molar-refractivity contribution in [2.75, 3.05) is 24.2 Å². The molecule has 1 fully saturated rings. The van der Waals surface area contributed by atoms with Crippen LogP contribution in [-0.2, 0) is 14.8 Å². The molecule has 1 aliphatic heterocycles. The Morgan fingerprint density at radius 3 is 2.50 bits per heavy atom. The van der Waals surface area contributed by atoms with Gasteiger partial charge in [-0.2, -0.15) is 0 Å². The molecule has 1 N–H and O–H groups in total. The monoisotopic (exact) mass is 486 g/mol. The zero-order chi connectivity index (χ0) is 24.2. The van der Waals surface area contributed by atoms with E-state index in [1.54, 1.807) is 31.4 Å². The molecule has 1 spiro atoms. The molecular formula is C26H34N2O5S. The molecule has 0 saturated heterocycles. The zero-order valence-corrected chi connectivity index (χ0v) is 20.8. The molecule has 34 heavy (non-hydrogen) atoms. The standard InChI is InChI=1S/C26H34N2O5S/c1-32-21-14-12-20(13-15-21)28(34(2,30)31)18-8-11-25(29)27-23-19-26(16-6-3-7-17-26)33-24-10-5-4-9-22(23)24/h4-5,9-10,12-15,23H,3,6-8,11,16-19H2,1-2H3,(H,27,29)/t23-/m0/s1. The maximum absolute atomic E-state index is 12.9. The Labute approximate surface area is 202 Å². The third-order valence-corrected chi connectivity index (χ3v) is 8.02. The molecule has 4 rings (SSSR count). The minimum absolute atomic E-state index is 0.0733. The molecular weight excluding hydrogens is 452 g/mol. The lowest BCUT2D eigenvalue weighted by atomic mass is 9.77. The predicted octanol–water partition coefficient (Wildman–Crippen LogP) is 4.58. The summed E-state index contributed by atoms with van der Waals surface area (Å²) in [7, 11) is -1.91. The van der Waals surface area contributed by atoms with Crippen LogP contribution in [0.15, 0.2) is 48.5 Å². The molecule has 1 amide bonds. The van der Waals surface area contributed by atoms with Crippen LogP contribution >= 0.6 is 0 Å². The van der Waals surface area contributed by atoms with Crippen molar-refractivity contribution >= 4 is 21.6 Å². The fourth-order valence-electron chi connectivity index (χ4n) is 5.13. The van der Waals surface area contributed by atoms with Gasteiger partial charge in [0.15, 0.2) is 0 Å². The van der Waals surface area contributed by atoms with Crippen LogP contribution in [0.4, 0.5) is 5.69 Å². The average molecular weight is 487 g/mol. The SMILES string of the molecule is COc1ccc(N(CCCC(=O)N[C@H]2CC3(CCCCC3)Oc3ccccc32)S(C)(=O)=O)cc1. The second kappa shape index (κ2) is 10.3. The van der Waals surface area contributed by atoms with Crippen molar-refractivity contribution in [3.63, 3.8) is 0 Å². The van der Waals surface area contributed by atoms with E-state index in [0.717, 1.165) is 43.4 Å². The molecule has 0 bridgehead atoms. The van der Waals surface area contributed by atoms with Crippen LogP contribution in [0.3, 0.4) is 0 Å². The number of nitrogens with zero attached hydrogens (tertiary/aromatic N) is 1. The summed E-state index contributed by atoms with van der Waals surface area (Å²) in [6.07, 6.45) is 8.17.